The third kappa shape index (κ3) is 6.32. The maximum absolute atomic E-state index is 12.4. The van der Waals surface area contributed by atoms with Gasteiger partial charge in [-0.25, -0.2) is 8.42 Å². The van der Waals surface area contributed by atoms with Gasteiger partial charge in [0.25, 0.3) is 0 Å². The molecular weight excluding hydrogens is 384 g/mol. The summed E-state index contributed by atoms with van der Waals surface area (Å²) in [4.78, 5) is 12.4. The summed E-state index contributed by atoms with van der Waals surface area (Å²) in [6.45, 7) is 10.4. The second-order valence-corrected chi connectivity index (χ2v) is 9.76. The van der Waals surface area contributed by atoms with Crippen LogP contribution in [0.25, 0.3) is 0 Å². The molecule has 0 aliphatic rings. The average molecular weight is 417 g/mol. The largest absolute Gasteiger partial charge is 0.350 e. The highest BCUT2D eigenvalue weighted by Crippen LogP contribution is 2.22. The molecule has 29 heavy (non-hydrogen) atoms. The number of hydrogen-bond donors (Lipinski definition) is 1. The zero-order valence-corrected chi connectivity index (χ0v) is 19.1. The van der Waals surface area contributed by atoms with Gasteiger partial charge in [0.15, 0.2) is 0 Å². The minimum atomic E-state index is -3.41. The monoisotopic (exact) mass is 416 g/mol. The number of sulfonamides is 1. The summed E-state index contributed by atoms with van der Waals surface area (Å²) in [7, 11) is -3.41. The van der Waals surface area contributed by atoms with E-state index in [0.717, 1.165) is 16.7 Å². The molecule has 158 valence electrons. The van der Waals surface area contributed by atoms with Crippen LogP contribution in [0.15, 0.2) is 36.4 Å². The van der Waals surface area contributed by atoms with E-state index in [1.807, 2.05) is 26.0 Å². The molecule has 0 saturated carbocycles. The van der Waals surface area contributed by atoms with Gasteiger partial charge in [0, 0.05) is 13.0 Å². The highest BCUT2D eigenvalue weighted by molar-refractivity contribution is 7.92. The number of anilines is 1. The van der Waals surface area contributed by atoms with E-state index in [0.29, 0.717) is 12.1 Å². The van der Waals surface area contributed by atoms with E-state index in [-0.39, 0.29) is 24.9 Å². The van der Waals surface area contributed by atoms with Crippen molar-refractivity contribution in [3.05, 3.63) is 64.2 Å². The lowest BCUT2D eigenvalue weighted by atomic mass is 9.96. The highest BCUT2D eigenvalue weighted by Gasteiger charge is 2.18. The first-order valence-corrected chi connectivity index (χ1v) is 11.8. The van der Waals surface area contributed by atoms with E-state index in [4.69, 9.17) is 0 Å². The van der Waals surface area contributed by atoms with Crippen molar-refractivity contribution in [2.45, 2.75) is 53.5 Å². The Kier molecular flexibility index (Phi) is 7.47. The molecule has 1 atom stereocenters. The number of hydrogen-bond acceptors (Lipinski definition) is 3. The first-order chi connectivity index (χ1) is 13.5. The number of carbonyl (C=O) groups excluding carboxylic acids is 1. The molecule has 2 aromatic rings. The number of benzene rings is 2. The van der Waals surface area contributed by atoms with E-state index < -0.39 is 10.0 Å². The molecule has 5 nitrogen and oxygen atoms in total. The van der Waals surface area contributed by atoms with Crippen LogP contribution in [-0.2, 0) is 14.8 Å². The van der Waals surface area contributed by atoms with E-state index in [9.17, 15) is 13.2 Å². The minimum Gasteiger partial charge on any atom is -0.350 e. The summed E-state index contributed by atoms with van der Waals surface area (Å²) in [5.74, 6) is -0.0764. The fourth-order valence-corrected chi connectivity index (χ4v) is 4.39. The van der Waals surface area contributed by atoms with Crippen molar-refractivity contribution in [3.8, 4) is 0 Å². The molecule has 1 N–H and O–H groups in total. The molecule has 2 aromatic carbocycles. The quantitative estimate of drug-likeness (QED) is 0.696. The van der Waals surface area contributed by atoms with Crippen molar-refractivity contribution in [2.24, 2.45) is 0 Å². The molecule has 0 saturated heterocycles. The van der Waals surface area contributed by atoms with Crippen molar-refractivity contribution in [3.63, 3.8) is 0 Å². The van der Waals surface area contributed by atoms with Gasteiger partial charge in [-0.3, -0.25) is 9.10 Å². The molecule has 0 aliphatic heterocycles. The van der Waals surface area contributed by atoms with Crippen LogP contribution in [-0.4, -0.2) is 27.1 Å². The Hall–Kier alpha value is -2.34. The topological polar surface area (TPSA) is 66.5 Å². The number of amides is 1. The van der Waals surface area contributed by atoms with E-state index in [1.165, 1.54) is 21.7 Å². The molecule has 1 amide bonds. The van der Waals surface area contributed by atoms with Gasteiger partial charge < -0.3 is 5.32 Å². The van der Waals surface area contributed by atoms with Gasteiger partial charge >= 0.3 is 0 Å². The lowest BCUT2D eigenvalue weighted by Gasteiger charge is -2.23. The van der Waals surface area contributed by atoms with E-state index in [1.54, 1.807) is 12.1 Å². The summed E-state index contributed by atoms with van der Waals surface area (Å²) in [5, 5.41) is 3.04. The van der Waals surface area contributed by atoms with Gasteiger partial charge in [-0.2, -0.15) is 0 Å². The lowest BCUT2D eigenvalue weighted by Crippen LogP contribution is -2.32. The van der Waals surface area contributed by atoms with E-state index in [2.05, 4.69) is 38.2 Å². The molecule has 0 aliphatic carbocycles. The summed E-state index contributed by atoms with van der Waals surface area (Å²) in [6, 6.07) is 11.5. The fourth-order valence-electron chi connectivity index (χ4n) is 3.42. The SMILES string of the molecule is Cc1ccc(N(CCCC(=O)N[C@@H](C)c2cc(C)c(C)cc2C)S(C)(=O)=O)cc1. The Morgan fingerprint density at radius 3 is 2.17 bits per heavy atom. The summed E-state index contributed by atoms with van der Waals surface area (Å²) in [5.41, 5.74) is 6.40. The van der Waals surface area contributed by atoms with Gasteiger partial charge in [-0.05, 0) is 75.4 Å². The Morgan fingerprint density at radius 2 is 1.59 bits per heavy atom. The third-order valence-electron chi connectivity index (χ3n) is 5.21. The first kappa shape index (κ1) is 22.9. The van der Waals surface area contributed by atoms with Crippen LogP contribution in [0.5, 0.6) is 0 Å². The normalized spacial score (nSPS) is 12.5. The van der Waals surface area contributed by atoms with Crippen LogP contribution >= 0.6 is 0 Å². The van der Waals surface area contributed by atoms with Gasteiger partial charge in [0.2, 0.25) is 15.9 Å². The predicted molar refractivity (Wildman–Crippen MR) is 120 cm³/mol. The Morgan fingerprint density at radius 1 is 1.00 bits per heavy atom. The van der Waals surface area contributed by atoms with Crippen LogP contribution < -0.4 is 9.62 Å². The highest BCUT2D eigenvalue weighted by atomic mass is 32.2. The van der Waals surface area contributed by atoms with Crippen LogP contribution in [0, 0.1) is 27.7 Å². The molecular formula is C23H32N2O3S. The Bertz CT molecular complexity index is 966. The van der Waals surface area contributed by atoms with Crippen molar-refractivity contribution in [2.75, 3.05) is 17.1 Å². The summed E-state index contributed by atoms with van der Waals surface area (Å²) >= 11 is 0. The molecule has 0 radical (unpaired) electrons. The third-order valence-corrected chi connectivity index (χ3v) is 6.41. The molecule has 2 rings (SSSR count). The maximum Gasteiger partial charge on any atom is 0.232 e. The van der Waals surface area contributed by atoms with Crippen LogP contribution in [0.1, 0.15) is 53.6 Å². The molecule has 0 aromatic heterocycles. The number of nitrogens with zero attached hydrogens (tertiary/aromatic N) is 1. The number of nitrogens with one attached hydrogen (secondary N) is 1. The van der Waals surface area contributed by atoms with Crippen LogP contribution in [0.4, 0.5) is 5.69 Å². The maximum atomic E-state index is 12.4. The number of aryl methyl sites for hydroxylation is 4. The lowest BCUT2D eigenvalue weighted by molar-refractivity contribution is -0.121. The smallest absolute Gasteiger partial charge is 0.232 e. The van der Waals surface area contributed by atoms with E-state index >= 15 is 0 Å². The number of rotatable bonds is 8. The minimum absolute atomic E-state index is 0.0764. The Balaban J connectivity index is 1.97. The molecule has 6 heteroatoms. The fraction of sp³-hybridized carbons (Fsp3) is 0.435. The van der Waals surface area contributed by atoms with Crippen molar-refractivity contribution >= 4 is 21.6 Å². The summed E-state index contributed by atoms with van der Waals surface area (Å²) < 4.78 is 25.7. The predicted octanol–water partition coefficient (Wildman–Crippen LogP) is 4.34. The second-order valence-electron chi connectivity index (χ2n) is 7.86. The van der Waals surface area contributed by atoms with Gasteiger partial charge in [0.05, 0.1) is 18.0 Å². The molecule has 0 unspecified atom stereocenters. The van der Waals surface area contributed by atoms with Crippen molar-refractivity contribution in [1.82, 2.24) is 5.32 Å². The first-order valence-electron chi connectivity index (χ1n) is 9.90. The molecule has 0 bridgehead atoms. The van der Waals surface area contributed by atoms with Crippen LogP contribution in [0.3, 0.4) is 0 Å². The number of carbonyl (C=O) groups is 1. The zero-order chi connectivity index (χ0) is 21.8. The van der Waals surface area contributed by atoms with Crippen molar-refractivity contribution in [1.29, 1.82) is 0 Å². The van der Waals surface area contributed by atoms with Gasteiger partial charge in [0.1, 0.15) is 0 Å². The second kappa shape index (κ2) is 9.44. The van der Waals surface area contributed by atoms with Gasteiger partial charge in [-0.15, -0.1) is 0 Å². The average Bonchev–Trinajstić information content (AvgIpc) is 2.61. The van der Waals surface area contributed by atoms with Gasteiger partial charge in [-0.1, -0.05) is 29.8 Å². The standard InChI is InChI=1S/C23H32N2O3S/c1-16-9-11-21(12-10-16)25(29(6,27)28)13-7-8-23(26)24-20(5)22-15-18(3)17(2)14-19(22)4/h9-12,14-15,20H,7-8,13H2,1-6H3,(H,24,26)/t20-/m0/s1. The molecule has 0 fully saturated rings. The van der Waals surface area contributed by atoms with Crippen LogP contribution in [0.2, 0.25) is 0 Å². The molecule has 0 spiro atoms. The molecule has 0 heterocycles. The Labute approximate surface area is 175 Å². The summed E-state index contributed by atoms with van der Waals surface area (Å²) in [6.07, 6.45) is 1.91. The zero-order valence-electron chi connectivity index (χ0n) is 18.2. The van der Waals surface area contributed by atoms with Crippen molar-refractivity contribution < 1.29 is 13.2 Å².